The Bertz CT molecular complexity index is 567. The van der Waals surface area contributed by atoms with Crippen LogP contribution >= 0.6 is 23.2 Å². The smallest absolute Gasteiger partial charge is 0.207 e. The lowest BCUT2D eigenvalue weighted by Crippen LogP contribution is -2.33. The average Bonchev–Trinajstić information content (AvgIpc) is 2.31. The zero-order chi connectivity index (χ0) is 13.8. The number of nitrogens with zero attached hydrogens (tertiary/aromatic N) is 1. The molecule has 0 heterocycles. The number of nitrogens with one attached hydrogen (secondary N) is 1. The largest absolute Gasteiger partial charge is 0.241 e. The Kier molecular flexibility index (Phi) is 5.42. The van der Waals surface area contributed by atoms with Crippen LogP contribution in [0.4, 0.5) is 0 Å². The van der Waals surface area contributed by atoms with Crippen LogP contribution in [-0.2, 0) is 10.0 Å². The number of halogens is 2. The molecule has 0 amide bonds. The minimum Gasteiger partial charge on any atom is -0.207 e. The van der Waals surface area contributed by atoms with Gasteiger partial charge in [-0.1, -0.05) is 36.5 Å². The Morgan fingerprint density at radius 1 is 1.39 bits per heavy atom. The highest BCUT2D eigenvalue weighted by Gasteiger charge is 2.20. The summed E-state index contributed by atoms with van der Waals surface area (Å²) in [6.07, 6.45) is 1.17. The molecule has 1 N–H and O–H groups in total. The van der Waals surface area contributed by atoms with Gasteiger partial charge < -0.3 is 0 Å². The van der Waals surface area contributed by atoms with Crippen molar-refractivity contribution >= 4 is 33.2 Å². The molecule has 0 radical (unpaired) electrons. The molecule has 0 bridgehead atoms. The summed E-state index contributed by atoms with van der Waals surface area (Å²) in [4.78, 5) is -0.00625. The summed E-state index contributed by atoms with van der Waals surface area (Å²) in [5, 5.41) is 9.28. The summed E-state index contributed by atoms with van der Waals surface area (Å²) >= 11 is 11.5. The maximum absolute atomic E-state index is 12.0. The lowest BCUT2D eigenvalue weighted by molar-refractivity contribution is 0.563. The molecule has 98 valence electrons. The van der Waals surface area contributed by atoms with E-state index in [9.17, 15) is 8.42 Å². The fourth-order valence-electron chi connectivity index (χ4n) is 1.34. The van der Waals surface area contributed by atoms with Crippen LogP contribution in [0.25, 0.3) is 0 Å². The second-order valence-corrected chi connectivity index (χ2v) is 6.20. The van der Waals surface area contributed by atoms with Crippen molar-refractivity contribution in [1.82, 2.24) is 4.72 Å². The summed E-state index contributed by atoms with van der Waals surface area (Å²) in [5.41, 5.74) is 0. The Hall–Kier alpha value is -0.800. The minimum atomic E-state index is -3.75. The summed E-state index contributed by atoms with van der Waals surface area (Å²) in [7, 11) is -3.75. The van der Waals surface area contributed by atoms with Gasteiger partial charge in [0.15, 0.2) is 0 Å². The molecule has 1 rings (SSSR count). The Balaban J connectivity index is 2.99. The molecule has 18 heavy (non-hydrogen) atoms. The Labute approximate surface area is 117 Å². The third-order valence-corrected chi connectivity index (χ3v) is 4.44. The predicted molar refractivity (Wildman–Crippen MR) is 71.1 cm³/mol. The highest BCUT2D eigenvalue weighted by Crippen LogP contribution is 2.24. The van der Waals surface area contributed by atoms with Crippen LogP contribution in [0, 0.1) is 11.3 Å². The molecule has 0 aromatic heterocycles. The summed E-state index contributed by atoms with van der Waals surface area (Å²) < 4.78 is 26.3. The highest BCUT2D eigenvalue weighted by atomic mass is 35.5. The monoisotopic (exact) mass is 306 g/mol. The first kappa shape index (κ1) is 15.3. The zero-order valence-electron chi connectivity index (χ0n) is 9.65. The average molecular weight is 307 g/mol. The Morgan fingerprint density at radius 2 is 2.06 bits per heavy atom. The van der Waals surface area contributed by atoms with Crippen LogP contribution in [0.15, 0.2) is 23.1 Å². The van der Waals surface area contributed by atoms with Crippen molar-refractivity contribution in [2.24, 2.45) is 0 Å². The number of hydrogen-bond acceptors (Lipinski definition) is 3. The number of rotatable bonds is 5. The quantitative estimate of drug-likeness (QED) is 0.909. The molecular weight excluding hydrogens is 295 g/mol. The molecule has 1 aromatic rings. The summed E-state index contributed by atoms with van der Waals surface area (Å²) in [6.45, 7) is 1.87. The topological polar surface area (TPSA) is 70.0 Å². The van der Waals surface area contributed by atoms with Crippen LogP contribution in [0.2, 0.25) is 10.0 Å². The van der Waals surface area contributed by atoms with Crippen LogP contribution in [-0.4, -0.2) is 14.5 Å². The van der Waals surface area contributed by atoms with Gasteiger partial charge in [-0.05, 0) is 24.6 Å². The first-order valence-corrected chi connectivity index (χ1v) is 7.51. The molecule has 4 nitrogen and oxygen atoms in total. The van der Waals surface area contributed by atoms with E-state index < -0.39 is 16.1 Å². The number of hydrogen-bond donors (Lipinski definition) is 1. The molecule has 0 aliphatic rings. The second-order valence-electron chi connectivity index (χ2n) is 3.67. The number of sulfonamides is 1. The van der Waals surface area contributed by atoms with Crippen molar-refractivity contribution in [2.45, 2.75) is 30.7 Å². The van der Waals surface area contributed by atoms with Gasteiger partial charge in [-0.25, -0.2) is 8.42 Å². The van der Waals surface area contributed by atoms with Gasteiger partial charge in [0.25, 0.3) is 0 Å². The van der Waals surface area contributed by atoms with Gasteiger partial charge in [-0.2, -0.15) is 9.98 Å². The molecular formula is C11H12Cl2N2O2S. The molecule has 1 aromatic carbocycles. The van der Waals surface area contributed by atoms with Crippen molar-refractivity contribution in [2.75, 3.05) is 0 Å². The van der Waals surface area contributed by atoms with Gasteiger partial charge in [-0.15, -0.1) is 0 Å². The van der Waals surface area contributed by atoms with Gasteiger partial charge in [0.2, 0.25) is 10.0 Å². The number of nitriles is 1. The number of benzene rings is 1. The fraction of sp³-hybridized carbons (Fsp3) is 0.364. The van der Waals surface area contributed by atoms with E-state index in [0.717, 1.165) is 0 Å². The molecule has 0 saturated carbocycles. The van der Waals surface area contributed by atoms with E-state index in [-0.39, 0.29) is 14.9 Å². The van der Waals surface area contributed by atoms with Gasteiger partial charge in [-0.3, -0.25) is 0 Å². The first-order chi connectivity index (χ1) is 8.40. The van der Waals surface area contributed by atoms with E-state index in [2.05, 4.69) is 4.72 Å². The lowest BCUT2D eigenvalue weighted by Gasteiger charge is -2.11. The minimum absolute atomic E-state index is 0.00625. The molecule has 1 atom stereocenters. The SMILES string of the molecule is CCCC(C#N)NS(=O)(=O)c1ccc(Cl)c(Cl)c1. The van der Waals surface area contributed by atoms with Crippen molar-refractivity contribution < 1.29 is 8.42 Å². The fourth-order valence-corrected chi connectivity index (χ4v) is 2.90. The van der Waals surface area contributed by atoms with Gasteiger partial charge in [0, 0.05) is 0 Å². The second kappa shape index (κ2) is 6.39. The van der Waals surface area contributed by atoms with Gasteiger partial charge in [0.05, 0.1) is 21.0 Å². The van der Waals surface area contributed by atoms with Crippen molar-refractivity contribution in [3.8, 4) is 6.07 Å². The molecule has 0 fully saturated rings. The lowest BCUT2D eigenvalue weighted by atomic mass is 10.2. The van der Waals surface area contributed by atoms with E-state index in [1.807, 2.05) is 13.0 Å². The third kappa shape index (κ3) is 3.85. The third-order valence-electron chi connectivity index (χ3n) is 2.23. The molecule has 7 heteroatoms. The van der Waals surface area contributed by atoms with E-state index in [0.29, 0.717) is 12.8 Å². The van der Waals surface area contributed by atoms with Crippen LogP contribution in [0.1, 0.15) is 19.8 Å². The molecule has 0 spiro atoms. The summed E-state index contributed by atoms with van der Waals surface area (Å²) in [6, 6.07) is 5.17. The van der Waals surface area contributed by atoms with E-state index in [1.165, 1.54) is 18.2 Å². The highest BCUT2D eigenvalue weighted by molar-refractivity contribution is 7.89. The predicted octanol–water partition coefficient (Wildman–Crippen LogP) is 2.96. The van der Waals surface area contributed by atoms with Crippen molar-refractivity contribution in [3.05, 3.63) is 28.2 Å². The van der Waals surface area contributed by atoms with Gasteiger partial charge in [0.1, 0.15) is 6.04 Å². The van der Waals surface area contributed by atoms with E-state index in [1.54, 1.807) is 0 Å². The maximum Gasteiger partial charge on any atom is 0.241 e. The molecule has 0 aliphatic heterocycles. The summed E-state index contributed by atoms with van der Waals surface area (Å²) in [5.74, 6) is 0. The Morgan fingerprint density at radius 3 is 2.56 bits per heavy atom. The molecule has 0 aliphatic carbocycles. The normalized spacial score (nSPS) is 13.0. The first-order valence-electron chi connectivity index (χ1n) is 5.27. The standard InChI is InChI=1S/C11H12Cl2N2O2S/c1-2-3-8(7-14)15-18(16,17)9-4-5-10(12)11(13)6-9/h4-6,8,15H,2-3H2,1H3. The van der Waals surface area contributed by atoms with E-state index in [4.69, 9.17) is 28.5 Å². The van der Waals surface area contributed by atoms with Crippen molar-refractivity contribution in [3.63, 3.8) is 0 Å². The van der Waals surface area contributed by atoms with Crippen molar-refractivity contribution in [1.29, 1.82) is 5.26 Å². The maximum atomic E-state index is 12.0. The molecule has 0 saturated heterocycles. The van der Waals surface area contributed by atoms with Crippen LogP contribution in [0.3, 0.4) is 0 Å². The zero-order valence-corrected chi connectivity index (χ0v) is 12.0. The van der Waals surface area contributed by atoms with Gasteiger partial charge >= 0.3 is 0 Å². The molecule has 1 unspecified atom stereocenters. The van der Waals surface area contributed by atoms with Crippen LogP contribution in [0.5, 0.6) is 0 Å². The van der Waals surface area contributed by atoms with Crippen LogP contribution < -0.4 is 4.72 Å². The van der Waals surface area contributed by atoms with E-state index >= 15 is 0 Å².